The predicted octanol–water partition coefficient (Wildman–Crippen LogP) is 2.63. The summed E-state index contributed by atoms with van der Waals surface area (Å²) in [5, 5.41) is 0. The monoisotopic (exact) mass is 287 g/mol. The Morgan fingerprint density at radius 1 is 1.14 bits per heavy atom. The Morgan fingerprint density at radius 3 is 2.57 bits per heavy atom. The van der Waals surface area contributed by atoms with Crippen molar-refractivity contribution < 1.29 is 14.3 Å². The number of ether oxygens (including phenoxy) is 1. The van der Waals surface area contributed by atoms with Crippen molar-refractivity contribution in [2.75, 3.05) is 7.11 Å². The number of carbonyl (C=O) groups is 2. The lowest BCUT2D eigenvalue weighted by atomic mass is 9.84. The molecule has 1 amide bonds. The highest BCUT2D eigenvalue weighted by molar-refractivity contribution is 5.97. The van der Waals surface area contributed by atoms with Gasteiger partial charge in [-0.2, -0.15) is 0 Å². The SMILES string of the molecule is COC(=O)[C@@H]1C[C@@H]2CCCC[C@@H]2N1C(=O)c1ccccc1. The number of amides is 1. The van der Waals surface area contributed by atoms with E-state index in [-0.39, 0.29) is 17.9 Å². The van der Waals surface area contributed by atoms with Gasteiger partial charge in [-0.3, -0.25) is 4.79 Å². The number of fused-ring (bicyclic) bond motifs is 1. The van der Waals surface area contributed by atoms with E-state index in [9.17, 15) is 9.59 Å². The Hall–Kier alpha value is -1.84. The van der Waals surface area contributed by atoms with Crippen molar-refractivity contribution in [3.63, 3.8) is 0 Å². The smallest absolute Gasteiger partial charge is 0.328 e. The van der Waals surface area contributed by atoms with E-state index >= 15 is 0 Å². The maximum atomic E-state index is 12.9. The lowest BCUT2D eigenvalue weighted by Gasteiger charge is -2.33. The average Bonchev–Trinajstić information content (AvgIpc) is 2.93. The van der Waals surface area contributed by atoms with E-state index in [2.05, 4.69) is 0 Å². The number of likely N-dealkylation sites (tertiary alicyclic amines) is 1. The van der Waals surface area contributed by atoms with Gasteiger partial charge in [-0.05, 0) is 37.3 Å². The van der Waals surface area contributed by atoms with E-state index in [1.807, 2.05) is 30.3 Å². The van der Waals surface area contributed by atoms with Crippen LogP contribution in [-0.4, -0.2) is 36.0 Å². The summed E-state index contributed by atoms with van der Waals surface area (Å²) in [6, 6.07) is 9.00. The fourth-order valence-electron chi connectivity index (χ4n) is 3.83. The number of rotatable bonds is 2. The third-order valence-corrected chi connectivity index (χ3v) is 4.82. The molecule has 0 N–H and O–H groups in total. The Balaban J connectivity index is 1.91. The van der Waals surface area contributed by atoms with Gasteiger partial charge in [0.15, 0.2) is 0 Å². The van der Waals surface area contributed by atoms with Crippen molar-refractivity contribution >= 4 is 11.9 Å². The van der Waals surface area contributed by atoms with Crippen molar-refractivity contribution in [2.24, 2.45) is 5.92 Å². The van der Waals surface area contributed by atoms with Crippen LogP contribution in [0.3, 0.4) is 0 Å². The number of carbonyl (C=O) groups excluding carboxylic acids is 2. The van der Waals surface area contributed by atoms with Gasteiger partial charge in [0.2, 0.25) is 0 Å². The zero-order valence-electron chi connectivity index (χ0n) is 12.3. The summed E-state index contributed by atoms with van der Waals surface area (Å²) in [6.07, 6.45) is 5.18. The minimum atomic E-state index is -0.421. The molecule has 0 spiro atoms. The van der Waals surface area contributed by atoms with Gasteiger partial charge in [0, 0.05) is 11.6 Å². The maximum absolute atomic E-state index is 12.9. The first kappa shape index (κ1) is 14.1. The Labute approximate surface area is 125 Å². The van der Waals surface area contributed by atoms with Crippen LogP contribution in [0.5, 0.6) is 0 Å². The fourth-order valence-corrected chi connectivity index (χ4v) is 3.83. The minimum Gasteiger partial charge on any atom is -0.467 e. The van der Waals surface area contributed by atoms with E-state index in [0.29, 0.717) is 11.5 Å². The van der Waals surface area contributed by atoms with Crippen LogP contribution in [0, 0.1) is 5.92 Å². The lowest BCUT2D eigenvalue weighted by molar-refractivity contribution is -0.145. The molecule has 2 fully saturated rings. The molecule has 3 rings (SSSR count). The molecule has 2 aliphatic rings. The number of hydrogen-bond acceptors (Lipinski definition) is 3. The molecule has 112 valence electrons. The van der Waals surface area contributed by atoms with Crippen molar-refractivity contribution in [2.45, 2.75) is 44.2 Å². The van der Waals surface area contributed by atoms with Crippen LogP contribution in [0.2, 0.25) is 0 Å². The molecule has 1 heterocycles. The van der Waals surface area contributed by atoms with Crippen molar-refractivity contribution in [3.8, 4) is 0 Å². The molecule has 1 aliphatic carbocycles. The zero-order chi connectivity index (χ0) is 14.8. The summed E-state index contributed by atoms with van der Waals surface area (Å²) in [5.41, 5.74) is 0.651. The van der Waals surface area contributed by atoms with Gasteiger partial charge in [-0.1, -0.05) is 31.0 Å². The average molecular weight is 287 g/mol. The summed E-state index contributed by atoms with van der Waals surface area (Å²) in [6.45, 7) is 0. The topological polar surface area (TPSA) is 46.6 Å². The van der Waals surface area contributed by atoms with Gasteiger partial charge < -0.3 is 9.64 Å². The van der Waals surface area contributed by atoms with Crippen LogP contribution in [0.4, 0.5) is 0 Å². The van der Waals surface area contributed by atoms with E-state index in [4.69, 9.17) is 4.74 Å². The van der Waals surface area contributed by atoms with Gasteiger partial charge in [0.1, 0.15) is 6.04 Å². The fraction of sp³-hybridized carbons (Fsp3) is 0.529. The van der Waals surface area contributed by atoms with Gasteiger partial charge in [0.05, 0.1) is 7.11 Å². The number of hydrogen-bond donors (Lipinski definition) is 0. The number of methoxy groups -OCH3 is 1. The van der Waals surface area contributed by atoms with E-state index < -0.39 is 6.04 Å². The van der Waals surface area contributed by atoms with Crippen LogP contribution < -0.4 is 0 Å². The standard InChI is InChI=1S/C17H21NO3/c1-21-17(20)15-11-13-9-5-6-10-14(13)18(15)16(19)12-7-3-2-4-8-12/h2-4,7-8,13-15H,5-6,9-11H2,1H3/t13-,14-,15-/m0/s1. The molecule has 1 saturated heterocycles. The first-order chi connectivity index (χ1) is 10.2. The predicted molar refractivity (Wildman–Crippen MR) is 78.8 cm³/mol. The first-order valence-electron chi connectivity index (χ1n) is 7.68. The molecule has 4 nitrogen and oxygen atoms in total. The van der Waals surface area contributed by atoms with E-state index in [0.717, 1.165) is 25.7 Å². The van der Waals surface area contributed by atoms with Crippen LogP contribution >= 0.6 is 0 Å². The largest absolute Gasteiger partial charge is 0.467 e. The third-order valence-electron chi connectivity index (χ3n) is 4.82. The Bertz CT molecular complexity index is 528. The van der Waals surface area contributed by atoms with Gasteiger partial charge in [0.25, 0.3) is 5.91 Å². The van der Waals surface area contributed by atoms with Crippen molar-refractivity contribution in [1.82, 2.24) is 4.90 Å². The molecule has 0 radical (unpaired) electrons. The summed E-state index contributed by atoms with van der Waals surface area (Å²) in [7, 11) is 1.40. The van der Waals surface area contributed by atoms with Crippen molar-refractivity contribution in [3.05, 3.63) is 35.9 Å². The molecule has 1 aliphatic heterocycles. The number of esters is 1. The highest BCUT2D eigenvalue weighted by atomic mass is 16.5. The molecule has 0 bridgehead atoms. The van der Waals surface area contributed by atoms with Crippen LogP contribution in [0.25, 0.3) is 0 Å². The molecule has 4 heteroatoms. The molecule has 3 atom stereocenters. The van der Waals surface area contributed by atoms with Crippen molar-refractivity contribution in [1.29, 1.82) is 0 Å². The summed E-state index contributed by atoms with van der Waals surface area (Å²) in [4.78, 5) is 26.7. The quantitative estimate of drug-likeness (QED) is 0.786. The molecule has 1 aromatic carbocycles. The van der Waals surface area contributed by atoms with E-state index in [1.54, 1.807) is 4.90 Å². The number of benzene rings is 1. The van der Waals surface area contributed by atoms with Gasteiger partial charge in [-0.25, -0.2) is 4.79 Å². The zero-order valence-corrected chi connectivity index (χ0v) is 12.3. The Morgan fingerprint density at radius 2 is 1.86 bits per heavy atom. The van der Waals surface area contributed by atoms with Crippen LogP contribution in [0.1, 0.15) is 42.5 Å². The second kappa shape index (κ2) is 5.88. The second-order valence-electron chi connectivity index (χ2n) is 5.96. The molecule has 0 aromatic heterocycles. The molecular formula is C17H21NO3. The highest BCUT2D eigenvalue weighted by Gasteiger charge is 2.47. The molecule has 1 aromatic rings. The molecule has 0 unspecified atom stereocenters. The molecule has 1 saturated carbocycles. The first-order valence-corrected chi connectivity index (χ1v) is 7.68. The lowest BCUT2D eigenvalue weighted by Crippen LogP contribution is -2.46. The van der Waals surface area contributed by atoms with E-state index in [1.165, 1.54) is 13.5 Å². The maximum Gasteiger partial charge on any atom is 0.328 e. The van der Waals surface area contributed by atoms with Gasteiger partial charge >= 0.3 is 5.97 Å². The minimum absolute atomic E-state index is 0.0413. The normalized spacial score (nSPS) is 28.0. The molecule has 21 heavy (non-hydrogen) atoms. The summed E-state index contributed by atoms with van der Waals surface area (Å²) >= 11 is 0. The molecular weight excluding hydrogens is 266 g/mol. The number of nitrogens with zero attached hydrogens (tertiary/aromatic N) is 1. The van der Waals surface area contributed by atoms with Gasteiger partial charge in [-0.15, -0.1) is 0 Å². The van der Waals surface area contributed by atoms with Crippen LogP contribution in [0.15, 0.2) is 30.3 Å². The summed E-state index contributed by atoms with van der Waals surface area (Å²) < 4.78 is 4.92. The highest BCUT2D eigenvalue weighted by Crippen LogP contribution is 2.40. The van der Waals surface area contributed by atoms with Crippen LogP contribution in [-0.2, 0) is 9.53 Å². The summed E-state index contributed by atoms with van der Waals surface area (Å²) in [5.74, 6) is 0.115. The Kier molecular flexibility index (Phi) is 3.95. The third kappa shape index (κ3) is 2.55. The second-order valence-corrected chi connectivity index (χ2v) is 5.96.